The number of benzene rings is 1. The summed E-state index contributed by atoms with van der Waals surface area (Å²) in [6.45, 7) is 4.08. The van der Waals surface area contributed by atoms with Crippen LogP contribution in [0.4, 0.5) is 11.8 Å². The summed E-state index contributed by atoms with van der Waals surface area (Å²) in [5.41, 5.74) is 0.884. The smallest absolute Gasteiger partial charge is 0.227 e. The average molecular weight is 371 g/mol. The molecule has 2 aromatic rings. The molecule has 2 aliphatic heterocycles. The zero-order valence-corrected chi connectivity index (χ0v) is 16.3. The van der Waals surface area contributed by atoms with Gasteiger partial charge in [-0.25, -0.2) is 4.98 Å². The number of nitrogens with one attached hydrogen (secondary N) is 2. The Bertz CT molecular complexity index is 786. The van der Waals surface area contributed by atoms with Gasteiger partial charge in [0.1, 0.15) is 5.82 Å². The van der Waals surface area contributed by atoms with Crippen LogP contribution in [0.1, 0.15) is 32.1 Å². The van der Waals surface area contributed by atoms with Gasteiger partial charge in [0.05, 0.1) is 19.7 Å². The standard InChI is InChI=1S/C20H29N5O2/c1-26-17-11-15-16(12-18(17)27-2)23-20(25-9-4-3-5-10-25)24-19(15)22-14-7-6-8-21-13-14/h11-12,14,21H,3-10,13H2,1-2H3,(H,22,23,24)/t14-/m0/s1. The summed E-state index contributed by atoms with van der Waals surface area (Å²) in [6.07, 6.45) is 6.00. The van der Waals surface area contributed by atoms with Gasteiger partial charge in [-0.1, -0.05) is 0 Å². The van der Waals surface area contributed by atoms with E-state index in [-0.39, 0.29) is 0 Å². The number of methoxy groups -OCH3 is 2. The number of rotatable bonds is 5. The van der Waals surface area contributed by atoms with Crippen LogP contribution in [0.2, 0.25) is 0 Å². The fourth-order valence-corrected chi connectivity index (χ4v) is 3.96. The number of hydrogen-bond acceptors (Lipinski definition) is 7. The summed E-state index contributed by atoms with van der Waals surface area (Å²) in [6, 6.07) is 4.31. The predicted molar refractivity (Wildman–Crippen MR) is 108 cm³/mol. The Labute approximate surface area is 160 Å². The van der Waals surface area contributed by atoms with E-state index in [1.54, 1.807) is 14.2 Å². The number of piperidine rings is 2. The third-order valence-electron chi connectivity index (χ3n) is 5.47. The van der Waals surface area contributed by atoms with Gasteiger partial charge >= 0.3 is 0 Å². The highest BCUT2D eigenvalue weighted by molar-refractivity contribution is 5.93. The molecule has 1 aromatic heterocycles. The van der Waals surface area contributed by atoms with Gasteiger partial charge < -0.3 is 25.0 Å². The monoisotopic (exact) mass is 371 g/mol. The maximum atomic E-state index is 5.50. The summed E-state index contributed by atoms with van der Waals surface area (Å²) in [5, 5.41) is 8.09. The first-order valence-electron chi connectivity index (χ1n) is 9.94. The van der Waals surface area contributed by atoms with Crippen molar-refractivity contribution >= 4 is 22.7 Å². The van der Waals surface area contributed by atoms with Crippen molar-refractivity contribution in [2.45, 2.75) is 38.1 Å². The fraction of sp³-hybridized carbons (Fsp3) is 0.600. The molecule has 0 bridgehead atoms. The number of fused-ring (bicyclic) bond motifs is 1. The normalized spacial score (nSPS) is 20.5. The molecule has 2 aliphatic rings. The van der Waals surface area contributed by atoms with Gasteiger partial charge in [0.15, 0.2) is 11.5 Å². The number of nitrogens with zero attached hydrogens (tertiary/aromatic N) is 3. The van der Waals surface area contributed by atoms with E-state index in [4.69, 9.17) is 19.4 Å². The molecule has 1 aromatic carbocycles. The van der Waals surface area contributed by atoms with Crippen LogP contribution in [0, 0.1) is 0 Å². The summed E-state index contributed by atoms with van der Waals surface area (Å²) in [5.74, 6) is 3.08. The van der Waals surface area contributed by atoms with Crippen LogP contribution in [0.3, 0.4) is 0 Å². The Hall–Kier alpha value is -2.28. The Morgan fingerprint density at radius 3 is 2.52 bits per heavy atom. The van der Waals surface area contributed by atoms with E-state index in [2.05, 4.69) is 15.5 Å². The van der Waals surface area contributed by atoms with Crippen molar-refractivity contribution in [2.75, 3.05) is 50.6 Å². The second-order valence-electron chi connectivity index (χ2n) is 7.33. The van der Waals surface area contributed by atoms with Crippen molar-refractivity contribution < 1.29 is 9.47 Å². The lowest BCUT2D eigenvalue weighted by molar-refractivity contribution is 0.356. The van der Waals surface area contributed by atoms with Crippen LogP contribution < -0.4 is 25.0 Å². The molecule has 3 heterocycles. The molecule has 0 radical (unpaired) electrons. The van der Waals surface area contributed by atoms with Crippen molar-refractivity contribution in [2.24, 2.45) is 0 Å². The van der Waals surface area contributed by atoms with Crippen molar-refractivity contribution in [1.29, 1.82) is 0 Å². The van der Waals surface area contributed by atoms with E-state index < -0.39 is 0 Å². The molecule has 27 heavy (non-hydrogen) atoms. The van der Waals surface area contributed by atoms with E-state index in [1.807, 2.05) is 12.1 Å². The summed E-state index contributed by atoms with van der Waals surface area (Å²) >= 11 is 0. The minimum absolute atomic E-state index is 0.374. The summed E-state index contributed by atoms with van der Waals surface area (Å²) < 4.78 is 11.0. The number of hydrogen-bond donors (Lipinski definition) is 2. The first kappa shape index (κ1) is 18.1. The van der Waals surface area contributed by atoms with Crippen molar-refractivity contribution in [3.8, 4) is 11.5 Å². The third kappa shape index (κ3) is 3.88. The first-order chi connectivity index (χ1) is 13.3. The Kier molecular flexibility index (Phi) is 5.48. The molecule has 0 unspecified atom stereocenters. The van der Waals surface area contributed by atoms with Crippen LogP contribution in [0.5, 0.6) is 11.5 Å². The Morgan fingerprint density at radius 2 is 1.81 bits per heavy atom. The zero-order chi connectivity index (χ0) is 18.6. The molecule has 7 heteroatoms. The van der Waals surface area contributed by atoms with E-state index in [0.29, 0.717) is 17.5 Å². The molecular formula is C20H29N5O2. The highest BCUT2D eigenvalue weighted by atomic mass is 16.5. The van der Waals surface area contributed by atoms with Crippen molar-refractivity contribution in [3.63, 3.8) is 0 Å². The highest BCUT2D eigenvalue weighted by Crippen LogP contribution is 2.35. The molecule has 2 fully saturated rings. The summed E-state index contributed by atoms with van der Waals surface area (Å²) in [7, 11) is 3.31. The summed E-state index contributed by atoms with van der Waals surface area (Å²) in [4.78, 5) is 12.1. The van der Waals surface area contributed by atoms with E-state index in [9.17, 15) is 0 Å². The minimum Gasteiger partial charge on any atom is -0.493 e. The van der Waals surface area contributed by atoms with Crippen molar-refractivity contribution in [3.05, 3.63) is 12.1 Å². The molecule has 0 spiro atoms. The largest absolute Gasteiger partial charge is 0.493 e. The molecule has 146 valence electrons. The van der Waals surface area contributed by atoms with Crippen LogP contribution in [-0.2, 0) is 0 Å². The fourth-order valence-electron chi connectivity index (χ4n) is 3.96. The van der Waals surface area contributed by atoms with E-state index in [1.165, 1.54) is 25.7 Å². The van der Waals surface area contributed by atoms with Gasteiger partial charge in [0.25, 0.3) is 0 Å². The van der Waals surface area contributed by atoms with Gasteiger partial charge in [0.2, 0.25) is 5.95 Å². The molecule has 7 nitrogen and oxygen atoms in total. The maximum absolute atomic E-state index is 5.50. The van der Waals surface area contributed by atoms with Gasteiger partial charge in [-0.05, 0) is 44.7 Å². The molecule has 2 N–H and O–H groups in total. The molecule has 0 aliphatic carbocycles. The molecular weight excluding hydrogens is 342 g/mol. The quantitative estimate of drug-likeness (QED) is 0.837. The van der Waals surface area contributed by atoms with E-state index >= 15 is 0 Å². The van der Waals surface area contributed by atoms with Crippen molar-refractivity contribution in [1.82, 2.24) is 15.3 Å². The number of anilines is 2. The molecule has 0 saturated carbocycles. The minimum atomic E-state index is 0.374. The van der Waals surface area contributed by atoms with Gasteiger partial charge in [-0.2, -0.15) is 4.98 Å². The SMILES string of the molecule is COc1cc2nc(N3CCCCC3)nc(N[C@H]3CCCNC3)c2cc1OC. The Balaban J connectivity index is 1.77. The molecule has 1 atom stereocenters. The number of ether oxygens (including phenoxy) is 2. The van der Waals surface area contributed by atoms with Crippen LogP contribution in [0.15, 0.2) is 12.1 Å². The van der Waals surface area contributed by atoms with Crippen LogP contribution in [0.25, 0.3) is 10.9 Å². The second kappa shape index (κ2) is 8.17. The third-order valence-corrected chi connectivity index (χ3v) is 5.47. The predicted octanol–water partition coefficient (Wildman–Crippen LogP) is 2.80. The second-order valence-corrected chi connectivity index (χ2v) is 7.33. The molecule has 0 amide bonds. The van der Waals surface area contributed by atoms with Gasteiger partial charge in [0, 0.05) is 37.1 Å². The van der Waals surface area contributed by atoms with Crippen LogP contribution in [-0.4, -0.2) is 56.4 Å². The lowest BCUT2D eigenvalue weighted by atomic mass is 10.1. The number of aromatic nitrogens is 2. The lowest BCUT2D eigenvalue weighted by Gasteiger charge is -2.29. The maximum Gasteiger partial charge on any atom is 0.227 e. The van der Waals surface area contributed by atoms with E-state index in [0.717, 1.165) is 55.3 Å². The van der Waals surface area contributed by atoms with Gasteiger partial charge in [-0.3, -0.25) is 0 Å². The highest BCUT2D eigenvalue weighted by Gasteiger charge is 2.20. The van der Waals surface area contributed by atoms with Gasteiger partial charge in [-0.15, -0.1) is 0 Å². The average Bonchev–Trinajstić information content (AvgIpc) is 2.74. The molecule has 4 rings (SSSR count). The first-order valence-corrected chi connectivity index (χ1v) is 9.94. The topological polar surface area (TPSA) is 71.5 Å². The lowest BCUT2D eigenvalue weighted by Crippen LogP contribution is -2.39. The van der Waals surface area contributed by atoms with Crippen LogP contribution >= 0.6 is 0 Å². The zero-order valence-electron chi connectivity index (χ0n) is 16.3. The Morgan fingerprint density at radius 1 is 1.04 bits per heavy atom. The molecule has 2 saturated heterocycles.